The number of fused-ring (bicyclic) bond motifs is 4. The minimum Gasteiger partial charge on any atom is -0.357 e. The van der Waals surface area contributed by atoms with Crippen molar-refractivity contribution in [1.82, 2.24) is 15.0 Å². The molecule has 5 aromatic rings. The van der Waals surface area contributed by atoms with Gasteiger partial charge < -0.3 is 9.88 Å². The molecule has 0 aliphatic carbocycles. The molecular weight excluding hydrogens is 479 g/mol. The molecule has 0 bridgehead atoms. The molecule has 3 aromatic heterocycles. The lowest BCUT2D eigenvalue weighted by molar-refractivity contribution is 0.642. The average molecular weight is 497 g/mol. The first-order valence-corrected chi connectivity index (χ1v) is 12.8. The first kappa shape index (κ1) is 20.4. The SMILES string of the molecule is Clc1ccc2nc(N3Cc4[nH]c5ccc(Cl)cc5c4C(CSc4ccncc4)C3)sc2c1. The molecule has 6 rings (SSSR count). The minimum atomic E-state index is 0.333. The van der Waals surface area contributed by atoms with E-state index in [2.05, 4.69) is 39.1 Å². The van der Waals surface area contributed by atoms with E-state index in [9.17, 15) is 0 Å². The van der Waals surface area contributed by atoms with Crippen molar-refractivity contribution in [2.45, 2.75) is 17.4 Å². The molecule has 1 atom stereocenters. The molecule has 1 unspecified atom stereocenters. The van der Waals surface area contributed by atoms with Crippen LogP contribution < -0.4 is 4.90 Å². The van der Waals surface area contributed by atoms with Crippen LogP contribution in [0.4, 0.5) is 5.13 Å². The summed E-state index contributed by atoms with van der Waals surface area (Å²) in [6.07, 6.45) is 3.69. The summed E-state index contributed by atoms with van der Waals surface area (Å²) in [6, 6.07) is 16.1. The van der Waals surface area contributed by atoms with Crippen LogP contribution in [0.3, 0.4) is 0 Å². The molecule has 0 saturated carbocycles. The van der Waals surface area contributed by atoms with Gasteiger partial charge >= 0.3 is 0 Å². The number of hydrogen-bond acceptors (Lipinski definition) is 5. The second kappa shape index (κ2) is 8.27. The molecule has 2 aromatic carbocycles. The van der Waals surface area contributed by atoms with Crippen molar-refractivity contribution in [3.05, 3.63) is 82.2 Å². The number of rotatable bonds is 4. The van der Waals surface area contributed by atoms with Crippen molar-refractivity contribution in [2.24, 2.45) is 0 Å². The molecule has 1 aliphatic heterocycles. The number of pyridine rings is 1. The van der Waals surface area contributed by atoms with Crippen molar-refractivity contribution < 1.29 is 0 Å². The lowest BCUT2D eigenvalue weighted by Crippen LogP contribution is -2.34. The minimum absolute atomic E-state index is 0.333. The van der Waals surface area contributed by atoms with Crippen molar-refractivity contribution >= 4 is 72.6 Å². The summed E-state index contributed by atoms with van der Waals surface area (Å²) in [6.45, 7) is 1.70. The lowest BCUT2D eigenvalue weighted by Gasteiger charge is -2.33. The van der Waals surface area contributed by atoms with E-state index in [0.717, 1.165) is 49.8 Å². The van der Waals surface area contributed by atoms with E-state index < -0.39 is 0 Å². The zero-order valence-electron chi connectivity index (χ0n) is 16.9. The number of aromatic nitrogens is 3. The van der Waals surface area contributed by atoms with E-state index in [1.54, 1.807) is 11.3 Å². The van der Waals surface area contributed by atoms with Gasteiger partial charge in [0.25, 0.3) is 0 Å². The van der Waals surface area contributed by atoms with Crippen LogP contribution in [0.2, 0.25) is 10.0 Å². The number of benzene rings is 2. The smallest absolute Gasteiger partial charge is 0.186 e. The number of nitrogens with one attached hydrogen (secondary N) is 1. The number of aromatic amines is 1. The van der Waals surface area contributed by atoms with Gasteiger partial charge in [0.2, 0.25) is 0 Å². The molecule has 8 heteroatoms. The van der Waals surface area contributed by atoms with Gasteiger partial charge in [-0.2, -0.15) is 0 Å². The zero-order chi connectivity index (χ0) is 21.7. The third-order valence-electron chi connectivity index (χ3n) is 5.79. The van der Waals surface area contributed by atoms with Crippen LogP contribution in [0.1, 0.15) is 17.2 Å². The van der Waals surface area contributed by atoms with Gasteiger partial charge in [-0.25, -0.2) is 4.98 Å². The summed E-state index contributed by atoms with van der Waals surface area (Å²) in [5.74, 6) is 1.30. The molecule has 0 spiro atoms. The van der Waals surface area contributed by atoms with Crippen molar-refractivity contribution in [2.75, 3.05) is 17.2 Å². The second-order valence-corrected chi connectivity index (χ2v) is 10.9. The normalized spacial score (nSPS) is 16.1. The van der Waals surface area contributed by atoms with Crippen LogP contribution in [-0.2, 0) is 6.54 Å². The van der Waals surface area contributed by atoms with Gasteiger partial charge in [0.15, 0.2) is 5.13 Å². The largest absolute Gasteiger partial charge is 0.357 e. The van der Waals surface area contributed by atoms with Crippen LogP contribution >= 0.6 is 46.3 Å². The van der Waals surface area contributed by atoms with Gasteiger partial charge in [0, 0.05) is 62.1 Å². The van der Waals surface area contributed by atoms with Gasteiger partial charge in [-0.3, -0.25) is 4.98 Å². The van der Waals surface area contributed by atoms with Crippen molar-refractivity contribution in [1.29, 1.82) is 0 Å². The highest BCUT2D eigenvalue weighted by atomic mass is 35.5. The molecule has 32 heavy (non-hydrogen) atoms. The number of thiazole rings is 1. The molecule has 1 aliphatic rings. The lowest BCUT2D eigenvalue weighted by atomic mass is 9.93. The van der Waals surface area contributed by atoms with Crippen LogP contribution in [0, 0.1) is 0 Å². The van der Waals surface area contributed by atoms with E-state index in [1.165, 1.54) is 21.5 Å². The van der Waals surface area contributed by atoms with Crippen molar-refractivity contribution in [3.8, 4) is 0 Å². The number of thioether (sulfide) groups is 1. The van der Waals surface area contributed by atoms with Gasteiger partial charge in [0.1, 0.15) is 0 Å². The van der Waals surface area contributed by atoms with Crippen LogP contribution in [-0.4, -0.2) is 27.2 Å². The molecule has 160 valence electrons. The Bertz CT molecular complexity index is 1430. The maximum Gasteiger partial charge on any atom is 0.186 e. The molecule has 4 heterocycles. The fourth-order valence-corrected chi connectivity index (χ4v) is 6.78. The van der Waals surface area contributed by atoms with Gasteiger partial charge in [-0.1, -0.05) is 34.5 Å². The first-order valence-electron chi connectivity index (χ1n) is 10.3. The molecule has 0 amide bonds. The molecule has 1 N–H and O–H groups in total. The van der Waals surface area contributed by atoms with Crippen molar-refractivity contribution in [3.63, 3.8) is 0 Å². The molecular formula is C24H18Cl2N4S2. The second-order valence-electron chi connectivity index (χ2n) is 7.89. The Morgan fingerprint density at radius 1 is 1.06 bits per heavy atom. The van der Waals surface area contributed by atoms with E-state index in [0.29, 0.717) is 5.92 Å². The quantitative estimate of drug-likeness (QED) is 0.263. The Labute approximate surface area is 203 Å². The Morgan fingerprint density at radius 3 is 2.75 bits per heavy atom. The fraction of sp³-hybridized carbons (Fsp3) is 0.167. The third-order valence-corrected chi connectivity index (χ3v) is 8.51. The fourth-order valence-electron chi connectivity index (χ4n) is 4.38. The maximum atomic E-state index is 6.37. The molecule has 0 saturated heterocycles. The third kappa shape index (κ3) is 3.75. The van der Waals surface area contributed by atoms with E-state index >= 15 is 0 Å². The molecule has 0 fully saturated rings. The number of halogens is 2. The van der Waals surface area contributed by atoms with Gasteiger partial charge in [-0.15, -0.1) is 11.8 Å². The Balaban J connectivity index is 1.39. The average Bonchev–Trinajstić information content (AvgIpc) is 3.38. The summed E-state index contributed by atoms with van der Waals surface area (Å²) in [5, 5.41) is 3.77. The monoisotopic (exact) mass is 496 g/mol. The molecule has 4 nitrogen and oxygen atoms in total. The van der Waals surface area contributed by atoms with Crippen LogP contribution in [0.5, 0.6) is 0 Å². The molecule has 0 radical (unpaired) electrons. The number of anilines is 1. The van der Waals surface area contributed by atoms with E-state index in [1.807, 2.05) is 48.4 Å². The summed E-state index contributed by atoms with van der Waals surface area (Å²) in [4.78, 5) is 16.3. The summed E-state index contributed by atoms with van der Waals surface area (Å²) >= 11 is 16.1. The zero-order valence-corrected chi connectivity index (χ0v) is 20.0. The summed E-state index contributed by atoms with van der Waals surface area (Å²) in [5.41, 5.74) is 4.75. The Morgan fingerprint density at radius 2 is 1.88 bits per heavy atom. The van der Waals surface area contributed by atoms with Crippen LogP contribution in [0.25, 0.3) is 21.1 Å². The van der Waals surface area contributed by atoms with E-state index in [4.69, 9.17) is 28.2 Å². The standard InChI is InChI=1S/C24H18Cl2N4S2/c25-15-1-3-19-18(9-15)23-14(13-31-17-5-7-27-8-6-17)11-30(12-21(23)28-19)24-29-20-4-2-16(26)10-22(20)32-24/h1-10,14,28H,11-13H2. The summed E-state index contributed by atoms with van der Waals surface area (Å²) in [7, 11) is 0. The predicted molar refractivity (Wildman–Crippen MR) is 137 cm³/mol. The first-order chi connectivity index (χ1) is 15.6. The predicted octanol–water partition coefficient (Wildman–Crippen LogP) is 7.38. The highest BCUT2D eigenvalue weighted by Gasteiger charge is 2.30. The summed E-state index contributed by atoms with van der Waals surface area (Å²) < 4.78 is 1.12. The topological polar surface area (TPSA) is 44.8 Å². The number of H-pyrrole nitrogens is 1. The van der Waals surface area contributed by atoms with Gasteiger partial charge in [-0.05, 0) is 54.1 Å². The highest BCUT2D eigenvalue weighted by molar-refractivity contribution is 7.99. The van der Waals surface area contributed by atoms with Gasteiger partial charge in [0.05, 0.1) is 16.8 Å². The number of hydrogen-bond donors (Lipinski definition) is 1. The van der Waals surface area contributed by atoms with E-state index in [-0.39, 0.29) is 0 Å². The van der Waals surface area contributed by atoms with Crippen LogP contribution in [0.15, 0.2) is 65.8 Å². The Kier molecular flexibility index (Phi) is 5.26. The maximum absolute atomic E-state index is 6.37. The number of nitrogens with zero attached hydrogens (tertiary/aromatic N) is 3. The highest BCUT2D eigenvalue weighted by Crippen LogP contribution is 2.41. The Hall–Kier alpha value is -2.25.